The zero-order valence-electron chi connectivity index (χ0n) is 15.1. The molecular weight excluding hydrogens is 404 g/mol. The molecule has 6 rings (SSSR count). The van der Waals surface area contributed by atoms with Gasteiger partial charge in [0.05, 0.1) is 17.4 Å². The van der Waals surface area contributed by atoms with Gasteiger partial charge in [-0.2, -0.15) is 0 Å². The first-order valence-electron chi connectivity index (χ1n) is 9.73. The van der Waals surface area contributed by atoms with Gasteiger partial charge in [-0.15, -0.1) is 0 Å². The third-order valence-corrected chi connectivity index (χ3v) is 6.85. The molecule has 0 aromatic carbocycles. The fourth-order valence-electron chi connectivity index (χ4n) is 5.82. The number of pyridine rings is 2. The monoisotopic (exact) mass is 426 g/mol. The third-order valence-electron chi connectivity index (χ3n) is 6.42. The van der Waals surface area contributed by atoms with Gasteiger partial charge < -0.3 is 10.6 Å². The Labute approximate surface area is 167 Å². The van der Waals surface area contributed by atoms with E-state index in [-0.39, 0.29) is 11.4 Å². The molecule has 4 saturated carbocycles. The molecule has 4 aliphatic carbocycles. The van der Waals surface area contributed by atoms with E-state index in [1.807, 2.05) is 12.1 Å². The van der Waals surface area contributed by atoms with E-state index in [4.69, 9.17) is 0 Å². The Morgan fingerprint density at radius 2 is 1.74 bits per heavy atom. The van der Waals surface area contributed by atoms with Gasteiger partial charge in [-0.1, -0.05) is 0 Å². The smallest absolute Gasteiger partial charge is 0.257 e. The second kappa shape index (κ2) is 6.59. The lowest BCUT2D eigenvalue weighted by atomic mass is 9.53. The Kier molecular flexibility index (Phi) is 4.19. The number of halogens is 1. The van der Waals surface area contributed by atoms with Crippen molar-refractivity contribution in [2.45, 2.75) is 44.1 Å². The van der Waals surface area contributed by atoms with Crippen molar-refractivity contribution >= 4 is 33.3 Å². The number of amides is 1. The van der Waals surface area contributed by atoms with E-state index in [0.29, 0.717) is 11.3 Å². The van der Waals surface area contributed by atoms with Crippen molar-refractivity contribution in [3.63, 3.8) is 0 Å². The molecule has 6 heteroatoms. The largest absolute Gasteiger partial charge is 0.365 e. The van der Waals surface area contributed by atoms with Gasteiger partial charge >= 0.3 is 0 Å². The summed E-state index contributed by atoms with van der Waals surface area (Å²) in [5, 5.41) is 6.65. The molecular formula is C21H23BrN4O. The lowest BCUT2D eigenvalue weighted by molar-refractivity contribution is 0.0105. The van der Waals surface area contributed by atoms with Crippen molar-refractivity contribution in [3.8, 4) is 0 Å². The first kappa shape index (κ1) is 17.2. The summed E-state index contributed by atoms with van der Waals surface area (Å²) in [6.07, 6.45) is 13.1. The Bertz CT molecular complexity index is 831. The van der Waals surface area contributed by atoms with Crippen LogP contribution < -0.4 is 10.6 Å². The fourth-order valence-corrected chi connectivity index (χ4v) is 6.18. The van der Waals surface area contributed by atoms with Crippen molar-refractivity contribution in [1.82, 2.24) is 9.97 Å². The minimum Gasteiger partial charge on any atom is -0.365 e. The summed E-state index contributed by atoms with van der Waals surface area (Å²) < 4.78 is 0.781. The molecule has 0 spiro atoms. The second-order valence-electron chi connectivity index (χ2n) is 8.60. The Morgan fingerprint density at radius 3 is 2.33 bits per heavy atom. The Balaban J connectivity index is 1.26. The van der Waals surface area contributed by atoms with Crippen LogP contribution in [0.1, 0.15) is 48.9 Å². The highest BCUT2D eigenvalue weighted by molar-refractivity contribution is 9.10. The zero-order chi connectivity index (χ0) is 18.4. The normalized spacial score (nSPS) is 30.9. The van der Waals surface area contributed by atoms with E-state index < -0.39 is 0 Å². The Morgan fingerprint density at radius 1 is 1.04 bits per heavy atom. The van der Waals surface area contributed by atoms with Gasteiger partial charge in [-0.25, -0.2) is 4.98 Å². The third kappa shape index (κ3) is 3.47. The predicted octanol–water partition coefficient (Wildman–Crippen LogP) is 4.87. The number of aromatic nitrogens is 2. The van der Waals surface area contributed by atoms with Gasteiger partial charge in [0.1, 0.15) is 5.82 Å². The van der Waals surface area contributed by atoms with E-state index in [1.165, 1.54) is 38.5 Å². The molecule has 140 valence electrons. The van der Waals surface area contributed by atoms with Crippen molar-refractivity contribution < 1.29 is 4.79 Å². The molecule has 0 unspecified atom stereocenters. The highest BCUT2D eigenvalue weighted by Crippen LogP contribution is 2.56. The first-order valence-corrected chi connectivity index (χ1v) is 10.5. The van der Waals surface area contributed by atoms with Gasteiger partial charge in [0.25, 0.3) is 5.91 Å². The molecule has 5 nitrogen and oxygen atoms in total. The number of rotatable bonds is 4. The quantitative estimate of drug-likeness (QED) is 0.731. The van der Waals surface area contributed by atoms with Crippen LogP contribution in [-0.2, 0) is 0 Å². The van der Waals surface area contributed by atoms with E-state index in [9.17, 15) is 4.79 Å². The number of hydrogen-bond donors (Lipinski definition) is 2. The topological polar surface area (TPSA) is 66.9 Å². The zero-order valence-corrected chi connectivity index (χ0v) is 16.7. The summed E-state index contributed by atoms with van der Waals surface area (Å²) >= 11 is 3.34. The van der Waals surface area contributed by atoms with Crippen LogP contribution in [-0.4, -0.2) is 21.4 Å². The van der Waals surface area contributed by atoms with Gasteiger partial charge in [0, 0.05) is 22.4 Å². The van der Waals surface area contributed by atoms with Crippen molar-refractivity contribution in [2.24, 2.45) is 17.8 Å². The van der Waals surface area contributed by atoms with Gasteiger partial charge in [-0.05, 0) is 90.4 Å². The van der Waals surface area contributed by atoms with E-state index in [0.717, 1.165) is 28.0 Å². The average molecular weight is 427 g/mol. The summed E-state index contributed by atoms with van der Waals surface area (Å²) in [7, 11) is 0. The molecule has 4 bridgehead atoms. The molecule has 2 aromatic rings. The molecule has 1 amide bonds. The highest BCUT2D eigenvalue weighted by atomic mass is 79.9. The number of carbonyl (C=O) groups is 1. The molecule has 4 fully saturated rings. The fraction of sp³-hybridized carbons (Fsp3) is 0.476. The van der Waals surface area contributed by atoms with Crippen LogP contribution in [0.25, 0.3) is 0 Å². The minimum absolute atomic E-state index is 0.188. The maximum absolute atomic E-state index is 12.3. The highest BCUT2D eigenvalue weighted by Gasteiger charge is 2.51. The standard InChI is InChI=1S/C21H23BrN4O/c22-17-6-16(10-23-11-17)20(27)25-18-1-2-19(24-12-18)26-21-7-13-3-14(8-21)5-15(4-13)9-21/h1-2,6,10-15H,3-5,7-9H2,(H,24,26)(H,25,27). The molecule has 0 saturated heterocycles. The van der Waals surface area contributed by atoms with Crippen LogP contribution in [0.3, 0.4) is 0 Å². The molecule has 0 aliphatic heterocycles. The second-order valence-corrected chi connectivity index (χ2v) is 9.52. The van der Waals surface area contributed by atoms with Crippen LogP contribution >= 0.6 is 15.9 Å². The first-order chi connectivity index (χ1) is 13.1. The average Bonchev–Trinajstić information content (AvgIpc) is 2.62. The van der Waals surface area contributed by atoms with E-state index >= 15 is 0 Å². The summed E-state index contributed by atoms with van der Waals surface area (Å²) in [6.45, 7) is 0. The van der Waals surface area contributed by atoms with E-state index in [2.05, 4.69) is 36.5 Å². The molecule has 2 heterocycles. The van der Waals surface area contributed by atoms with Gasteiger partial charge in [0.15, 0.2) is 0 Å². The van der Waals surface area contributed by atoms with Crippen molar-refractivity contribution in [3.05, 3.63) is 46.8 Å². The van der Waals surface area contributed by atoms with Crippen LogP contribution in [0, 0.1) is 17.8 Å². The molecule has 0 radical (unpaired) electrons. The molecule has 0 atom stereocenters. The summed E-state index contributed by atoms with van der Waals surface area (Å²) in [4.78, 5) is 20.9. The summed E-state index contributed by atoms with van der Waals surface area (Å²) in [5.74, 6) is 3.44. The summed E-state index contributed by atoms with van der Waals surface area (Å²) in [5.41, 5.74) is 1.45. The predicted molar refractivity (Wildman–Crippen MR) is 109 cm³/mol. The molecule has 2 N–H and O–H groups in total. The number of anilines is 2. The van der Waals surface area contributed by atoms with Crippen LogP contribution in [0.2, 0.25) is 0 Å². The van der Waals surface area contributed by atoms with Crippen LogP contribution in [0.5, 0.6) is 0 Å². The number of hydrogen-bond acceptors (Lipinski definition) is 4. The number of carbonyl (C=O) groups excluding carboxylic acids is 1. The number of nitrogens with one attached hydrogen (secondary N) is 2. The molecule has 27 heavy (non-hydrogen) atoms. The summed E-state index contributed by atoms with van der Waals surface area (Å²) in [6, 6.07) is 5.64. The van der Waals surface area contributed by atoms with E-state index in [1.54, 1.807) is 24.7 Å². The van der Waals surface area contributed by atoms with Gasteiger partial charge in [0.2, 0.25) is 0 Å². The maximum atomic E-state index is 12.3. The lowest BCUT2D eigenvalue weighted by Crippen LogP contribution is -2.54. The maximum Gasteiger partial charge on any atom is 0.257 e. The lowest BCUT2D eigenvalue weighted by Gasteiger charge is -2.57. The molecule has 4 aliphatic rings. The van der Waals surface area contributed by atoms with Crippen molar-refractivity contribution in [1.29, 1.82) is 0 Å². The van der Waals surface area contributed by atoms with Crippen LogP contribution in [0.15, 0.2) is 41.3 Å². The Hall–Kier alpha value is -1.95. The van der Waals surface area contributed by atoms with Crippen molar-refractivity contribution in [2.75, 3.05) is 10.6 Å². The SMILES string of the molecule is O=C(Nc1ccc(NC23CC4CC(CC(C4)C2)C3)nc1)c1cncc(Br)c1. The number of nitrogens with zero attached hydrogens (tertiary/aromatic N) is 2. The minimum atomic E-state index is -0.188. The molecule has 2 aromatic heterocycles. The van der Waals surface area contributed by atoms with Gasteiger partial charge in [-0.3, -0.25) is 9.78 Å². The van der Waals surface area contributed by atoms with Crippen LogP contribution in [0.4, 0.5) is 11.5 Å².